The lowest BCUT2D eigenvalue weighted by Gasteiger charge is -2.42. The van der Waals surface area contributed by atoms with E-state index in [9.17, 15) is 0 Å². The molecule has 0 aliphatic heterocycles. The van der Waals surface area contributed by atoms with E-state index in [1.807, 2.05) is 0 Å². The first-order chi connectivity index (χ1) is 8.74. The van der Waals surface area contributed by atoms with Gasteiger partial charge >= 0.3 is 0 Å². The Morgan fingerprint density at radius 1 is 1.16 bits per heavy atom. The minimum Gasteiger partial charge on any atom is -0.313 e. The van der Waals surface area contributed by atoms with Crippen molar-refractivity contribution >= 4 is 0 Å². The highest BCUT2D eigenvalue weighted by Gasteiger charge is 2.33. The zero-order valence-electron chi connectivity index (χ0n) is 14.3. The van der Waals surface area contributed by atoms with Gasteiger partial charge in [-0.25, -0.2) is 0 Å². The summed E-state index contributed by atoms with van der Waals surface area (Å²) in [6.45, 7) is 16.5. The van der Waals surface area contributed by atoms with Gasteiger partial charge in [0.05, 0.1) is 0 Å². The lowest BCUT2D eigenvalue weighted by molar-refractivity contribution is 0.0772. The monoisotopic (exact) mass is 268 g/mol. The van der Waals surface area contributed by atoms with Crippen LogP contribution in [0.5, 0.6) is 0 Å². The maximum absolute atomic E-state index is 3.76. The van der Waals surface area contributed by atoms with Crippen LogP contribution in [0.1, 0.15) is 67.2 Å². The van der Waals surface area contributed by atoms with E-state index >= 15 is 0 Å². The van der Waals surface area contributed by atoms with Crippen molar-refractivity contribution in [1.29, 1.82) is 0 Å². The van der Waals surface area contributed by atoms with E-state index in [-0.39, 0.29) is 0 Å². The van der Waals surface area contributed by atoms with Gasteiger partial charge < -0.3 is 10.2 Å². The van der Waals surface area contributed by atoms with Gasteiger partial charge in [0.15, 0.2) is 0 Å². The third kappa shape index (κ3) is 5.07. The minimum atomic E-state index is 0.353. The fourth-order valence-electron chi connectivity index (χ4n) is 2.75. The van der Waals surface area contributed by atoms with Crippen molar-refractivity contribution in [2.24, 2.45) is 10.8 Å². The minimum absolute atomic E-state index is 0.353. The Morgan fingerprint density at radius 2 is 1.68 bits per heavy atom. The largest absolute Gasteiger partial charge is 0.313 e. The summed E-state index contributed by atoms with van der Waals surface area (Å²) < 4.78 is 0. The molecular weight excluding hydrogens is 232 g/mol. The van der Waals surface area contributed by atoms with Gasteiger partial charge in [-0.2, -0.15) is 0 Å². The zero-order valence-corrected chi connectivity index (χ0v) is 14.3. The Hall–Kier alpha value is -0.0800. The fraction of sp³-hybridized carbons (Fsp3) is 1.00. The molecule has 1 aliphatic rings. The summed E-state index contributed by atoms with van der Waals surface area (Å²) in [7, 11) is 2.30. The second kappa shape index (κ2) is 6.58. The van der Waals surface area contributed by atoms with Crippen molar-refractivity contribution in [3.8, 4) is 0 Å². The van der Waals surface area contributed by atoms with Crippen LogP contribution in [0.2, 0.25) is 0 Å². The van der Waals surface area contributed by atoms with Crippen molar-refractivity contribution in [3.63, 3.8) is 0 Å². The molecule has 0 heterocycles. The van der Waals surface area contributed by atoms with Crippen LogP contribution in [0.4, 0.5) is 0 Å². The van der Waals surface area contributed by atoms with Gasteiger partial charge in [0, 0.05) is 25.2 Å². The Balaban J connectivity index is 2.59. The third-order valence-electron chi connectivity index (χ3n) is 5.34. The molecule has 1 saturated carbocycles. The number of hydrogen-bond acceptors (Lipinski definition) is 2. The van der Waals surface area contributed by atoms with Crippen LogP contribution in [0.3, 0.4) is 0 Å². The van der Waals surface area contributed by atoms with Crippen LogP contribution in [-0.2, 0) is 0 Å². The summed E-state index contributed by atoms with van der Waals surface area (Å²) in [6.07, 6.45) is 5.31. The number of hydrogen-bond donors (Lipinski definition) is 1. The quantitative estimate of drug-likeness (QED) is 0.718. The van der Waals surface area contributed by atoms with Gasteiger partial charge in [0.25, 0.3) is 0 Å². The van der Waals surface area contributed by atoms with Gasteiger partial charge in [-0.3, -0.25) is 0 Å². The average Bonchev–Trinajstić information content (AvgIpc) is 3.16. The highest BCUT2D eigenvalue weighted by molar-refractivity contribution is 4.90. The molecule has 0 amide bonds. The zero-order chi connectivity index (χ0) is 14.7. The molecule has 114 valence electrons. The molecule has 1 fully saturated rings. The molecule has 0 spiro atoms. The second-order valence-corrected chi connectivity index (χ2v) is 7.82. The van der Waals surface area contributed by atoms with Crippen molar-refractivity contribution in [1.82, 2.24) is 10.2 Å². The van der Waals surface area contributed by atoms with E-state index in [4.69, 9.17) is 0 Å². The van der Waals surface area contributed by atoms with Crippen molar-refractivity contribution < 1.29 is 0 Å². The maximum Gasteiger partial charge on any atom is 0.0113 e. The van der Waals surface area contributed by atoms with E-state index in [0.717, 1.165) is 6.04 Å². The van der Waals surface area contributed by atoms with Crippen LogP contribution in [0.25, 0.3) is 0 Å². The summed E-state index contributed by atoms with van der Waals surface area (Å²) >= 11 is 0. The Labute approximate surface area is 121 Å². The molecule has 0 aromatic rings. The molecule has 0 saturated heterocycles. The van der Waals surface area contributed by atoms with E-state index in [0.29, 0.717) is 16.9 Å². The molecule has 0 aromatic carbocycles. The van der Waals surface area contributed by atoms with E-state index in [2.05, 4.69) is 58.8 Å². The molecule has 1 atom stereocenters. The van der Waals surface area contributed by atoms with Crippen molar-refractivity contribution in [2.45, 2.75) is 79.3 Å². The SMILES string of the molecule is CCC(CC)(CNC1CC1)CN(C)C(C)C(C)(C)C. The Bertz CT molecular complexity index is 259. The Morgan fingerprint density at radius 3 is 2.05 bits per heavy atom. The van der Waals surface area contributed by atoms with Crippen LogP contribution < -0.4 is 5.32 Å². The van der Waals surface area contributed by atoms with E-state index < -0.39 is 0 Å². The fourth-order valence-corrected chi connectivity index (χ4v) is 2.75. The molecule has 0 radical (unpaired) electrons. The van der Waals surface area contributed by atoms with Gasteiger partial charge in [-0.05, 0) is 50.5 Å². The first-order valence-corrected chi connectivity index (χ1v) is 8.17. The third-order valence-corrected chi connectivity index (χ3v) is 5.34. The lowest BCUT2D eigenvalue weighted by atomic mass is 9.79. The van der Waals surface area contributed by atoms with Crippen molar-refractivity contribution in [3.05, 3.63) is 0 Å². The van der Waals surface area contributed by atoms with Gasteiger partial charge in [0.2, 0.25) is 0 Å². The summed E-state index contributed by atoms with van der Waals surface area (Å²) in [6, 6.07) is 1.44. The first kappa shape index (κ1) is 17.0. The van der Waals surface area contributed by atoms with Crippen molar-refractivity contribution in [2.75, 3.05) is 20.1 Å². The van der Waals surface area contributed by atoms with Gasteiger partial charge in [-0.1, -0.05) is 34.6 Å². The number of nitrogens with zero attached hydrogens (tertiary/aromatic N) is 1. The van der Waals surface area contributed by atoms with Gasteiger partial charge in [0.1, 0.15) is 0 Å². The van der Waals surface area contributed by atoms with Crippen LogP contribution in [0.15, 0.2) is 0 Å². The first-order valence-electron chi connectivity index (χ1n) is 8.17. The maximum atomic E-state index is 3.76. The topological polar surface area (TPSA) is 15.3 Å². The summed E-state index contributed by atoms with van der Waals surface area (Å²) in [5.41, 5.74) is 0.794. The smallest absolute Gasteiger partial charge is 0.0113 e. The molecular formula is C17H36N2. The predicted molar refractivity (Wildman–Crippen MR) is 85.6 cm³/mol. The molecule has 1 rings (SSSR count). The average molecular weight is 268 g/mol. The molecule has 1 aliphatic carbocycles. The molecule has 0 bridgehead atoms. The van der Waals surface area contributed by atoms with E-state index in [1.165, 1.54) is 38.8 Å². The lowest BCUT2D eigenvalue weighted by Crippen LogP contribution is -2.48. The predicted octanol–water partition coefficient (Wildman–Crippen LogP) is 3.91. The molecule has 2 heteroatoms. The standard InChI is InChI=1S/C17H36N2/c1-8-17(9-2,12-18-15-10-11-15)13-19(7)14(3)16(4,5)6/h14-15,18H,8-13H2,1-7H3. The van der Waals surface area contributed by atoms with Crippen LogP contribution >= 0.6 is 0 Å². The highest BCUT2D eigenvalue weighted by atomic mass is 15.1. The summed E-state index contributed by atoms with van der Waals surface area (Å²) in [5.74, 6) is 0. The molecule has 1 N–H and O–H groups in total. The number of rotatable bonds is 8. The van der Waals surface area contributed by atoms with Crippen LogP contribution in [0, 0.1) is 10.8 Å². The Kier molecular flexibility index (Phi) is 5.88. The highest BCUT2D eigenvalue weighted by Crippen LogP contribution is 2.32. The van der Waals surface area contributed by atoms with Crippen LogP contribution in [-0.4, -0.2) is 37.1 Å². The van der Waals surface area contributed by atoms with E-state index in [1.54, 1.807) is 0 Å². The van der Waals surface area contributed by atoms with Gasteiger partial charge in [-0.15, -0.1) is 0 Å². The molecule has 0 aromatic heterocycles. The summed E-state index contributed by atoms with van der Waals surface area (Å²) in [5, 5.41) is 3.76. The summed E-state index contributed by atoms with van der Waals surface area (Å²) in [4.78, 5) is 2.57. The number of nitrogens with one attached hydrogen (secondary N) is 1. The molecule has 1 unspecified atom stereocenters. The molecule has 19 heavy (non-hydrogen) atoms. The molecule has 2 nitrogen and oxygen atoms in total. The normalized spacial score (nSPS) is 18.9. The second-order valence-electron chi connectivity index (χ2n) is 7.82.